The normalized spacial score (nSPS) is 18.5. The first-order valence-electron chi connectivity index (χ1n) is 6.34. The summed E-state index contributed by atoms with van der Waals surface area (Å²) in [5.41, 5.74) is 1.71. The van der Waals surface area contributed by atoms with E-state index < -0.39 is 0 Å². The zero-order chi connectivity index (χ0) is 13.8. The van der Waals surface area contributed by atoms with Gasteiger partial charge in [-0.25, -0.2) is 0 Å². The van der Waals surface area contributed by atoms with Gasteiger partial charge in [-0.15, -0.1) is 0 Å². The van der Waals surface area contributed by atoms with E-state index in [1.165, 1.54) is 0 Å². The maximum Gasteiger partial charge on any atom is 0.273 e. The quantitative estimate of drug-likeness (QED) is 0.663. The summed E-state index contributed by atoms with van der Waals surface area (Å²) < 4.78 is 6.06. The van der Waals surface area contributed by atoms with E-state index in [0.29, 0.717) is 11.5 Å². The van der Waals surface area contributed by atoms with E-state index >= 15 is 0 Å². The molecule has 0 bridgehead atoms. The van der Waals surface area contributed by atoms with Crippen LogP contribution in [0.15, 0.2) is 16.6 Å². The van der Waals surface area contributed by atoms with Crippen LogP contribution in [0, 0.1) is 23.0 Å². The standard InChI is InChI=1S/C13H17BrN2O3/c1-9-6-12(11(14)7-13(9)16(17)18)15-4-2-10-3-5-19-8-10/h6-7,10,15H,2-5,8H2,1H3. The van der Waals surface area contributed by atoms with Crippen molar-refractivity contribution in [2.24, 2.45) is 5.92 Å². The molecule has 0 spiro atoms. The van der Waals surface area contributed by atoms with Gasteiger partial charge < -0.3 is 10.1 Å². The minimum absolute atomic E-state index is 0.140. The average Bonchev–Trinajstić information content (AvgIpc) is 2.85. The number of nitro groups is 1. The van der Waals surface area contributed by atoms with Crippen LogP contribution in [0.3, 0.4) is 0 Å². The van der Waals surface area contributed by atoms with Crippen molar-refractivity contribution in [3.8, 4) is 0 Å². The highest BCUT2D eigenvalue weighted by molar-refractivity contribution is 9.10. The van der Waals surface area contributed by atoms with Gasteiger partial charge in [0.2, 0.25) is 0 Å². The van der Waals surface area contributed by atoms with Crippen LogP contribution >= 0.6 is 15.9 Å². The Morgan fingerprint density at radius 2 is 2.37 bits per heavy atom. The third-order valence-electron chi connectivity index (χ3n) is 3.37. The van der Waals surface area contributed by atoms with Gasteiger partial charge in [0, 0.05) is 41.5 Å². The van der Waals surface area contributed by atoms with Crippen molar-refractivity contribution in [2.75, 3.05) is 25.1 Å². The summed E-state index contributed by atoms with van der Waals surface area (Å²) in [6.45, 7) is 4.32. The Morgan fingerprint density at radius 3 is 3.00 bits per heavy atom. The zero-order valence-corrected chi connectivity index (χ0v) is 12.4. The fraction of sp³-hybridized carbons (Fsp3) is 0.538. The minimum atomic E-state index is -0.361. The van der Waals surface area contributed by atoms with E-state index in [4.69, 9.17) is 4.74 Å². The van der Waals surface area contributed by atoms with Gasteiger partial charge in [-0.1, -0.05) is 0 Å². The SMILES string of the molecule is Cc1cc(NCCC2CCOC2)c(Br)cc1[N+](=O)[O-]. The first-order valence-corrected chi connectivity index (χ1v) is 7.13. The Bertz CT molecular complexity index is 473. The first kappa shape index (κ1) is 14.3. The summed E-state index contributed by atoms with van der Waals surface area (Å²) >= 11 is 3.37. The number of hydrogen-bond acceptors (Lipinski definition) is 4. The van der Waals surface area contributed by atoms with Crippen LogP contribution in [0.4, 0.5) is 11.4 Å². The molecule has 0 amide bonds. The van der Waals surface area contributed by atoms with E-state index in [0.717, 1.165) is 42.8 Å². The third kappa shape index (κ3) is 3.67. The molecule has 6 heteroatoms. The second-order valence-corrected chi connectivity index (χ2v) is 5.68. The molecule has 1 aliphatic heterocycles. The summed E-state index contributed by atoms with van der Waals surface area (Å²) in [5, 5.41) is 14.1. The Hall–Kier alpha value is -1.14. The van der Waals surface area contributed by atoms with Gasteiger partial charge in [-0.2, -0.15) is 0 Å². The summed E-state index contributed by atoms with van der Waals surface area (Å²) in [6.07, 6.45) is 2.19. The van der Waals surface area contributed by atoms with Crippen LogP contribution in [0.1, 0.15) is 18.4 Å². The number of nitro benzene ring substituents is 1. The number of hydrogen-bond donors (Lipinski definition) is 1. The molecular weight excluding hydrogens is 312 g/mol. The lowest BCUT2D eigenvalue weighted by atomic mass is 10.1. The zero-order valence-electron chi connectivity index (χ0n) is 10.8. The third-order valence-corrected chi connectivity index (χ3v) is 4.03. The van der Waals surface area contributed by atoms with E-state index in [-0.39, 0.29) is 10.6 Å². The summed E-state index contributed by atoms with van der Waals surface area (Å²) in [5.74, 6) is 0.630. The number of ether oxygens (including phenoxy) is 1. The molecular formula is C13H17BrN2O3. The molecule has 1 atom stereocenters. The maximum absolute atomic E-state index is 10.8. The summed E-state index contributed by atoms with van der Waals surface area (Å²) in [6, 6.07) is 3.36. The van der Waals surface area contributed by atoms with Gasteiger partial charge in [-0.05, 0) is 47.7 Å². The molecule has 2 rings (SSSR count). The van der Waals surface area contributed by atoms with E-state index in [1.807, 2.05) is 6.07 Å². The molecule has 1 aromatic carbocycles. The van der Waals surface area contributed by atoms with Gasteiger partial charge in [-0.3, -0.25) is 10.1 Å². The summed E-state index contributed by atoms with van der Waals surface area (Å²) in [7, 11) is 0. The molecule has 1 fully saturated rings. The molecule has 0 aromatic heterocycles. The lowest BCUT2D eigenvalue weighted by Gasteiger charge is -2.12. The highest BCUT2D eigenvalue weighted by atomic mass is 79.9. The fourth-order valence-electron chi connectivity index (χ4n) is 2.23. The van der Waals surface area contributed by atoms with Gasteiger partial charge in [0.15, 0.2) is 0 Å². The Balaban J connectivity index is 1.96. The maximum atomic E-state index is 10.8. The van der Waals surface area contributed by atoms with E-state index in [1.54, 1.807) is 13.0 Å². The van der Waals surface area contributed by atoms with Crippen molar-refractivity contribution >= 4 is 27.3 Å². The van der Waals surface area contributed by atoms with Crippen LogP contribution in [0.5, 0.6) is 0 Å². The molecule has 1 heterocycles. The predicted molar refractivity (Wildman–Crippen MR) is 77.6 cm³/mol. The average molecular weight is 329 g/mol. The molecule has 0 radical (unpaired) electrons. The van der Waals surface area contributed by atoms with Gasteiger partial charge in [0.05, 0.1) is 4.92 Å². The first-order chi connectivity index (χ1) is 9.08. The summed E-state index contributed by atoms with van der Waals surface area (Å²) in [4.78, 5) is 10.5. The monoisotopic (exact) mass is 328 g/mol. The molecule has 1 N–H and O–H groups in total. The predicted octanol–water partition coefficient (Wildman–Crippen LogP) is 3.50. The topological polar surface area (TPSA) is 64.4 Å². The lowest BCUT2D eigenvalue weighted by molar-refractivity contribution is -0.385. The Kier molecular flexibility index (Phi) is 4.76. The van der Waals surface area contributed by atoms with Crippen LogP contribution < -0.4 is 5.32 Å². The van der Waals surface area contributed by atoms with Crippen molar-refractivity contribution < 1.29 is 9.66 Å². The highest BCUT2D eigenvalue weighted by Gasteiger charge is 2.16. The molecule has 1 saturated heterocycles. The van der Waals surface area contributed by atoms with Crippen LogP contribution in [-0.2, 0) is 4.74 Å². The number of aryl methyl sites for hydroxylation is 1. The van der Waals surface area contributed by atoms with Crippen molar-refractivity contribution in [3.63, 3.8) is 0 Å². The van der Waals surface area contributed by atoms with Crippen molar-refractivity contribution in [1.82, 2.24) is 0 Å². The number of halogens is 1. The smallest absolute Gasteiger partial charge is 0.273 e. The van der Waals surface area contributed by atoms with Crippen molar-refractivity contribution in [2.45, 2.75) is 19.8 Å². The largest absolute Gasteiger partial charge is 0.384 e. The Labute approximate surface area is 120 Å². The number of nitrogens with one attached hydrogen (secondary N) is 1. The Morgan fingerprint density at radius 1 is 1.58 bits per heavy atom. The van der Waals surface area contributed by atoms with Gasteiger partial charge >= 0.3 is 0 Å². The lowest BCUT2D eigenvalue weighted by Crippen LogP contribution is -2.09. The van der Waals surface area contributed by atoms with E-state index in [9.17, 15) is 10.1 Å². The van der Waals surface area contributed by atoms with Crippen LogP contribution in [-0.4, -0.2) is 24.7 Å². The number of nitrogens with zero attached hydrogens (tertiary/aromatic N) is 1. The van der Waals surface area contributed by atoms with Gasteiger partial charge in [0.25, 0.3) is 5.69 Å². The van der Waals surface area contributed by atoms with Crippen molar-refractivity contribution in [3.05, 3.63) is 32.3 Å². The number of anilines is 1. The molecule has 1 aromatic rings. The van der Waals surface area contributed by atoms with Crippen molar-refractivity contribution in [1.29, 1.82) is 0 Å². The second kappa shape index (κ2) is 6.34. The van der Waals surface area contributed by atoms with E-state index in [2.05, 4.69) is 21.2 Å². The minimum Gasteiger partial charge on any atom is -0.384 e. The molecule has 5 nitrogen and oxygen atoms in total. The molecule has 1 aliphatic rings. The number of benzene rings is 1. The molecule has 104 valence electrons. The molecule has 19 heavy (non-hydrogen) atoms. The highest BCUT2D eigenvalue weighted by Crippen LogP contribution is 2.30. The molecule has 1 unspecified atom stereocenters. The van der Waals surface area contributed by atoms with Gasteiger partial charge in [0.1, 0.15) is 0 Å². The van der Waals surface area contributed by atoms with Crippen LogP contribution in [0.2, 0.25) is 0 Å². The molecule has 0 saturated carbocycles. The van der Waals surface area contributed by atoms with Crippen LogP contribution in [0.25, 0.3) is 0 Å². The second-order valence-electron chi connectivity index (χ2n) is 4.82. The number of rotatable bonds is 5. The fourth-order valence-corrected chi connectivity index (χ4v) is 2.70. The molecule has 0 aliphatic carbocycles.